The molecule has 0 heterocycles. The molecular formula is C28H28N4S4. The molecule has 0 saturated heterocycles. The van der Waals surface area contributed by atoms with Gasteiger partial charge in [-0.2, -0.15) is 0 Å². The second kappa shape index (κ2) is 15.6. The molecule has 0 atom stereocenters. The molecule has 0 spiro atoms. The molecule has 36 heavy (non-hydrogen) atoms. The highest BCUT2D eigenvalue weighted by molar-refractivity contribution is 7.99. The Morgan fingerprint density at radius 1 is 0.333 bits per heavy atom. The number of benzene rings is 4. The average molecular weight is 549 g/mol. The Kier molecular flexibility index (Phi) is 12.1. The minimum Gasteiger partial charge on any atom is -0.149 e. The Bertz CT molecular complexity index is 1110. The molecule has 0 amide bonds. The largest absolute Gasteiger partial charge is 0.149 e. The van der Waals surface area contributed by atoms with E-state index < -0.39 is 0 Å². The van der Waals surface area contributed by atoms with Gasteiger partial charge in [-0.15, -0.1) is 67.5 Å². The molecule has 0 N–H and O–H groups in total. The van der Waals surface area contributed by atoms with E-state index in [-0.39, 0.29) is 0 Å². The summed E-state index contributed by atoms with van der Waals surface area (Å²) in [5.41, 5.74) is 3.67. The van der Waals surface area contributed by atoms with Crippen LogP contribution in [-0.2, 0) is 0 Å². The van der Waals surface area contributed by atoms with E-state index in [0.717, 1.165) is 42.3 Å². The van der Waals surface area contributed by atoms with Crippen molar-refractivity contribution in [2.45, 2.75) is 19.6 Å². The molecule has 4 nitrogen and oxygen atoms in total. The third kappa shape index (κ3) is 8.27. The number of rotatable bonds is 8. The van der Waals surface area contributed by atoms with Crippen LogP contribution in [0.4, 0.5) is 22.7 Å². The van der Waals surface area contributed by atoms with Crippen molar-refractivity contribution in [2.24, 2.45) is 20.5 Å². The van der Waals surface area contributed by atoms with Crippen molar-refractivity contribution in [1.29, 1.82) is 0 Å². The van der Waals surface area contributed by atoms with Gasteiger partial charge >= 0.3 is 0 Å². The highest BCUT2D eigenvalue weighted by Crippen LogP contribution is 2.33. The predicted molar refractivity (Wildman–Crippen MR) is 161 cm³/mol. The van der Waals surface area contributed by atoms with Crippen molar-refractivity contribution in [3.8, 4) is 0 Å². The van der Waals surface area contributed by atoms with Gasteiger partial charge in [0, 0.05) is 19.6 Å². The zero-order chi connectivity index (χ0) is 25.6. The van der Waals surface area contributed by atoms with Crippen molar-refractivity contribution in [3.63, 3.8) is 0 Å². The Hall–Kier alpha value is -2.52. The molecule has 4 aromatic rings. The Morgan fingerprint density at radius 2 is 0.528 bits per heavy atom. The molecule has 4 aromatic carbocycles. The lowest BCUT2D eigenvalue weighted by Crippen LogP contribution is -1.73. The van der Waals surface area contributed by atoms with Gasteiger partial charge < -0.3 is 0 Å². The number of hydrogen-bond acceptors (Lipinski definition) is 8. The van der Waals surface area contributed by atoms with Crippen molar-refractivity contribution >= 4 is 69.8 Å². The van der Waals surface area contributed by atoms with Crippen LogP contribution in [0.3, 0.4) is 0 Å². The molecule has 0 aromatic heterocycles. The fourth-order valence-corrected chi connectivity index (χ4v) is 5.20. The molecule has 0 aliphatic rings. The second-order valence-electron chi connectivity index (χ2n) is 7.09. The lowest BCUT2D eigenvalue weighted by atomic mass is 10.3. The van der Waals surface area contributed by atoms with Gasteiger partial charge in [0.1, 0.15) is 0 Å². The van der Waals surface area contributed by atoms with Gasteiger partial charge in [-0.3, -0.25) is 0 Å². The van der Waals surface area contributed by atoms with E-state index >= 15 is 0 Å². The van der Waals surface area contributed by atoms with Crippen LogP contribution in [0.2, 0.25) is 0 Å². The minimum absolute atomic E-state index is 0.918. The van der Waals surface area contributed by atoms with Crippen LogP contribution in [0.15, 0.2) is 137 Å². The van der Waals surface area contributed by atoms with E-state index in [0.29, 0.717) is 0 Å². The Labute approximate surface area is 230 Å². The summed E-state index contributed by atoms with van der Waals surface area (Å²) in [5.74, 6) is 0. The molecule has 0 radical (unpaired) electrons. The van der Waals surface area contributed by atoms with Gasteiger partial charge in [0.2, 0.25) is 0 Å². The summed E-state index contributed by atoms with van der Waals surface area (Å²) in [6.45, 7) is 0. The summed E-state index contributed by atoms with van der Waals surface area (Å²) >= 11 is 6.73. The summed E-state index contributed by atoms with van der Waals surface area (Å²) in [6.07, 6.45) is 8.18. The molecule has 0 unspecified atom stereocenters. The lowest BCUT2D eigenvalue weighted by Gasteiger charge is -2.02. The fourth-order valence-electron chi connectivity index (χ4n) is 3.07. The van der Waals surface area contributed by atoms with E-state index in [9.17, 15) is 0 Å². The zero-order valence-corrected chi connectivity index (χ0v) is 23.9. The molecule has 0 saturated carbocycles. The van der Waals surface area contributed by atoms with E-state index in [4.69, 9.17) is 0 Å². The highest BCUT2D eigenvalue weighted by atomic mass is 32.2. The monoisotopic (exact) mass is 548 g/mol. The molecule has 0 bridgehead atoms. The SMILES string of the molecule is CSc1ccccc1N=Nc1ccccc1SC.CSc1ccccc1N=Nc1ccccc1SC. The quantitative estimate of drug-likeness (QED) is 0.162. The summed E-state index contributed by atoms with van der Waals surface area (Å²) < 4.78 is 0. The molecular weight excluding hydrogens is 521 g/mol. The number of nitrogens with zero attached hydrogens (tertiary/aromatic N) is 4. The molecule has 0 fully saturated rings. The predicted octanol–water partition coefficient (Wildman–Crippen LogP) is 11.1. The topological polar surface area (TPSA) is 49.4 Å². The lowest BCUT2D eigenvalue weighted by molar-refractivity contribution is 1.17. The number of thioether (sulfide) groups is 4. The molecule has 4 rings (SSSR count). The summed E-state index contributed by atoms with van der Waals surface area (Å²) in [4.78, 5) is 4.57. The summed E-state index contributed by atoms with van der Waals surface area (Å²) in [7, 11) is 0. The van der Waals surface area contributed by atoms with E-state index in [2.05, 4.69) is 44.7 Å². The standard InChI is InChI=1S/2C14H14N2S2/c2*1-17-13-9-5-3-7-11(13)15-16-12-8-4-6-10-14(12)18-2/h2*3-10H,1-2H3. The first-order valence-electron chi connectivity index (χ1n) is 11.1. The van der Waals surface area contributed by atoms with Crippen LogP contribution in [0.25, 0.3) is 0 Å². The minimum atomic E-state index is 0.918. The Balaban J connectivity index is 0.000000201. The third-order valence-electron chi connectivity index (χ3n) is 4.87. The first-order valence-corrected chi connectivity index (χ1v) is 16.0. The first-order chi connectivity index (χ1) is 17.7. The Morgan fingerprint density at radius 3 is 0.722 bits per heavy atom. The van der Waals surface area contributed by atoms with Crippen LogP contribution in [0, 0.1) is 0 Å². The van der Waals surface area contributed by atoms with Gasteiger partial charge in [0.05, 0.1) is 22.7 Å². The van der Waals surface area contributed by atoms with Crippen LogP contribution in [0.5, 0.6) is 0 Å². The van der Waals surface area contributed by atoms with Crippen LogP contribution >= 0.6 is 47.0 Å². The molecule has 184 valence electrons. The maximum Gasteiger partial charge on any atom is 0.0992 e. The van der Waals surface area contributed by atoms with Gasteiger partial charge in [-0.05, 0) is 73.6 Å². The van der Waals surface area contributed by atoms with E-state index in [1.165, 1.54) is 0 Å². The van der Waals surface area contributed by atoms with Crippen molar-refractivity contribution < 1.29 is 0 Å². The van der Waals surface area contributed by atoms with Crippen molar-refractivity contribution in [1.82, 2.24) is 0 Å². The zero-order valence-electron chi connectivity index (χ0n) is 20.7. The maximum atomic E-state index is 4.35. The van der Waals surface area contributed by atoms with Crippen molar-refractivity contribution in [2.75, 3.05) is 25.0 Å². The second-order valence-corrected chi connectivity index (χ2v) is 10.5. The third-order valence-corrected chi connectivity index (χ3v) is 8.01. The average Bonchev–Trinajstić information content (AvgIpc) is 2.95. The van der Waals surface area contributed by atoms with Crippen LogP contribution in [-0.4, -0.2) is 25.0 Å². The summed E-state index contributed by atoms with van der Waals surface area (Å²) in [5, 5.41) is 17.4. The van der Waals surface area contributed by atoms with E-state index in [1.807, 2.05) is 97.8 Å². The van der Waals surface area contributed by atoms with Crippen LogP contribution < -0.4 is 0 Å². The molecule has 0 aliphatic carbocycles. The highest BCUT2D eigenvalue weighted by Gasteiger charge is 2.02. The number of hydrogen-bond donors (Lipinski definition) is 0. The molecule has 8 heteroatoms. The van der Waals surface area contributed by atoms with Crippen molar-refractivity contribution in [3.05, 3.63) is 97.1 Å². The first kappa shape index (κ1) is 28.1. The van der Waals surface area contributed by atoms with Gasteiger partial charge in [0.25, 0.3) is 0 Å². The fraction of sp³-hybridized carbons (Fsp3) is 0.143. The van der Waals surface area contributed by atoms with Gasteiger partial charge in [-0.25, -0.2) is 0 Å². The van der Waals surface area contributed by atoms with E-state index in [1.54, 1.807) is 47.0 Å². The van der Waals surface area contributed by atoms with Gasteiger partial charge in [0.15, 0.2) is 0 Å². The number of azo groups is 2. The normalized spacial score (nSPS) is 11.0. The van der Waals surface area contributed by atoms with Crippen LogP contribution in [0.1, 0.15) is 0 Å². The summed E-state index contributed by atoms with van der Waals surface area (Å²) in [6, 6.07) is 32.1. The molecule has 0 aliphatic heterocycles. The van der Waals surface area contributed by atoms with Gasteiger partial charge in [-0.1, -0.05) is 48.5 Å². The smallest absolute Gasteiger partial charge is 0.0992 e. The maximum absolute atomic E-state index is 4.35.